The molecule has 4 aromatic carbocycles. The molecule has 0 amide bonds. The Morgan fingerprint density at radius 2 is 0.607 bits per heavy atom. The van der Waals surface area contributed by atoms with Crippen molar-refractivity contribution in [3.05, 3.63) is 97.1 Å². The van der Waals surface area contributed by atoms with Crippen LogP contribution in [0.3, 0.4) is 0 Å². The summed E-state index contributed by atoms with van der Waals surface area (Å²) in [6.07, 6.45) is 0. The van der Waals surface area contributed by atoms with Gasteiger partial charge < -0.3 is 28.2 Å². The largest absolute Gasteiger partial charge is 2.00 e. The number of hydrogen-bond donors (Lipinski definition) is 0. The first-order valence-electron chi connectivity index (χ1n) is 15.9. The fraction of sp³-hybridized carbons (Fsp3) is 0. The van der Waals surface area contributed by atoms with Gasteiger partial charge in [-0.15, -0.1) is 22.1 Å². The van der Waals surface area contributed by atoms with Crippen molar-refractivity contribution in [1.29, 1.82) is 0 Å². The van der Waals surface area contributed by atoms with E-state index in [1.54, 1.807) is 0 Å². The van der Waals surface area contributed by atoms with Gasteiger partial charge in [0.1, 0.15) is 40.5 Å². The molecule has 3 aromatic heterocycles. The van der Waals surface area contributed by atoms with Gasteiger partial charge in [0.25, 0.3) is 0 Å². The Labute approximate surface area is 446 Å². The molecule has 289 valence electrons. The molecule has 1 radical (unpaired) electrons. The average Bonchev–Trinajstić information content (AvgIpc) is 3.84. The Hall–Kier alpha value is -1.33. The molecule has 8 bridgehead atoms. The predicted molar refractivity (Wildman–Crippen MR) is 195 cm³/mol. The van der Waals surface area contributed by atoms with Crippen LogP contribution in [0.2, 0.25) is 0 Å². The molecule has 7 aromatic rings. The molecular weight excluding hydrogens is 960 g/mol. The van der Waals surface area contributed by atoms with Gasteiger partial charge in [-0.2, -0.15) is 0 Å². The van der Waals surface area contributed by atoms with Crippen molar-refractivity contribution >= 4 is 84.1 Å². The molecule has 0 saturated carbocycles. The maximum atomic E-state index is 12.1. The number of hydrogen-bond acceptors (Lipinski definition) is 14. The van der Waals surface area contributed by atoms with Gasteiger partial charge in [0.15, 0.2) is 0 Å². The number of nitrogens with zero attached hydrogens (tertiary/aromatic N) is 4. The van der Waals surface area contributed by atoms with Crippen LogP contribution in [0.15, 0.2) is 117 Å². The summed E-state index contributed by atoms with van der Waals surface area (Å²) in [4.78, 5) is 16.6. The van der Waals surface area contributed by atoms with Crippen molar-refractivity contribution in [3.8, 4) is 45.0 Å². The summed E-state index contributed by atoms with van der Waals surface area (Å²) in [6.45, 7) is 0. The molecule has 2 aliphatic heterocycles. The monoisotopic (exact) mass is 975 g/mol. The molecule has 61 heavy (non-hydrogen) atoms. The molecule has 25 heteroatoms. The van der Waals surface area contributed by atoms with Gasteiger partial charge in [0, 0.05) is 22.3 Å². The smallest absolute Gasteiger partial charge is 0.744 e. The zero-order valence-electron chi connectivity index (χ0n) is 31.9. The molecule has 5 heterocycles. The van der Waals surface area contributed by atoms with Crippen LogP contribution in [-0.2, 0) is 57.3 Å². The molecule has 0 N–H and O–H groups in total. The Balaban J connectivity index is 0.00000164. The van der Waals surface area contributed by atoms with Crippen molar-refractivity contribution in [2.75, 3.05) is 0 Å². The second-order valence-electron chi connectivity index (χ2n) is 12.8. The van der Waals surface area contributed by atoms with Gasteiger partial charge in [-0.05, 0) is 94.3 Å². The summed E-state index contributed by atoms with van der Waals surface area (Å²) in [6, 6.07) is 20.0. The molecule has 16 nitrogen and oxygen atoms in total. The third-order valence-corrected chi connectivity index (χ3v) is 12.7. The van der Waals surface area contributed by atoms with Crippen LogP contribution in [-0.4, -0.2) is 61.9 Å². The van der Waals surface area contributed by atoms with Gasteiger partial charge in [-0.1, -0.05) is 24.3 Å². The van der Waals surface area contributed by atoms with Crippen molar-refractivity contribution in [2.45, 2.75) is 19.6 Å². The van der Waals surface area contributed by atoms with Crippen LogP contribution in [0.4, 0.5) is 0 Å². The van der Waals surface area contributed by atoms with Gasteiger partial charge >= 0.3 is 135 Å². The topological polar surface area (TPSA) is 283 Å². The number of fused-ring (bicyclic) bond motifs is 20. The van der Waals surface area contributed by atoms with E-state index in [1.165, 1.54) is 48.5 Å². The molecule has 0 unspecified atom stereocenters. The Morgan fingerprint density at radius 3 is 0.918 bits per heavy atom. The third-order valence-electron chi connectivity index (χ3n) is 9.38. The second kappa shape index (κ2) is 18.5. The second-order valence-corrected chi connectivity index (χ2v) is 18.3. The predicted octanol–water partition coefficient (Wildman–Crippen LogP) is -7.82. The Morgan fingerprint density at radius 1 is 0.344 bits per heavy atom. The summed E-state index contributed by atoms with van der Waals surface area (Å²) in [5.74, 6) is 0. The van der Waals surface area contributed by atoms with E-state index < -0.39 is 60.1 Å². The van der Waals surface area contributed by atoms with E-state index in [2.05, 4.69) is 0 Å². The zero-order valence-corrected chi connectivity index (χ0v) is 44.2. The standard InChI is InChI=1S/C36H20N4O12S4.Co.4Na/c41-53(42,43)17-1-5-21-25(9-17)33-14-30-23-7-3-19(55(47,48)49)11-27(23)35(39-30)16-32-24-8-4-20(56(50,51)52)12-28(24)36(40-32)15-31-22-6-2-18(54(44,45)46)10-26(22)34(38-31)13-29(21)37-33;;;;;/h1-16H,(H,41,42,43)(H,44,45,46)(H,47,48,49)(H,50,51,52);;;;;/q-2;+2;4*+1/p-4. The summed E-state index contributed by atoms with van der Waals surface area (Å²) in [5.41, 5.74) is 2.09. The molecule has 0 fully saturated rings. The number of rotatable bonds is 4. The zero-order chi connectivity index (χ0) is 39.7. The van der Waals surface area contributed by atoms with Crippen molar-refractivity contribution in [1.82, 2.24) is 19.9 Å². The normalized spacial score (nSPS) is 12.1. The van der Waals surface area contributed by atoms with Gasteiger partial charge in [-0.25, -0.2) is 43.6 Å². The van der Waals surface area contributed by atoms with Crippen LogP contribution < -0.4 is 128 Å². The first-order valence-corrected chi connectivity index (χ1v) is 21.5. The minimum atomic E-state index is -4.95. The van der Waals surface area contributed by atoms with E-state index >= 15 is 0 Å². The van der Waals surface area contributed by atoms with Crippen molar-refractivity contribution in [3.63, 3.8) is 0 Å². The van der Waals surface area contributed by atoms with E-state index in [4.69, 9.17) is 19.9 Å². The summed E-state index contributed by atoms with van der Waals surface area (Å²) < 4.78 is 145. The van der Waals surface area contributed by atoms with Crippen molar-refractivity contribution < 1.29 is 187 Å². The van der Waals surface area contributed by atoms with Crippen molar-refractivity contribution in [2.24, 2.45) is 0 Å². The average molecular weight is 976 g/mol. The molecule has 9 rings (SSSR count). The van der Waals surface area contributed by atoms with Crippen LogP contribution in [0.25, 0.3) is 88.6 Å². The molecular formula is C36H16CoN4Na4O12S4. The molecule has 0 atom stereocenters. The quantitative estimate of drug-likeness (QED) is 0.117. The van der Waals surface area contributed by atoms with E-state index in [0.29, 0.717) is 21.9 Å². The summed E-state index contributed by atoms with van der Waals surface area (Å²) in [7, 11) is -19.8. The Bertz CT molecular complexity index is 3390. The molecule has 0 aliphatic carbocycles. The first kappa shape index (κ1) is 52.3. The van der Waals surface area contributed by atoms with E-state index in [0.717, 1.165) is 48.5 Å². The minimum absolute atomic E-state index is 0. The third kappa shape index (κ3) is 9.80. The summed E-state index contributed by atoms with van der Waals surface area (Å²) >= 11 is 0. The Kier molecular flexibility index (Phi) is 15.9. The van der Waals surface area contributed by atoms with E-state index in [1.807, 2.05) is 0 Å². The SMILES string of the molecule is O=S(=O)([O-])c1ccc2c(c1)-c1cc3[n-]c(cc4nc(cc5[n-]c(cc-2n1)c1cc(S(=O)(=O)[O-])ccc51)-c1cc(S(=O)(=O)[O-])ccc1-4)c1cc(S(=O)(=O)[O-])ccc31.[Co+2].[Na+].[Na+].[Na+].[Na+]. The maximum absolute atomic E-state index is 12.1. The van der Waals surface area contributed by atoms with Crippen LogP contribution in [0.1, 0.15) is 0 Å². The number of aromatic nitrogens is 4. The maximum Gasteiger partial charge on any atom is 2.00 e. The van der Waals surface area contributed by atoms with Gasteiger partial charge in [0.2, 0.25) is 0 Å². The minimum Gasteiger partial charge on any atom is -0.744 e. The first-order chi connectivity index (χ1) is 26.2. The molecule has 0 spiro atoms. The van der Waals surface area contributed by atoms with Crippen LogP contribution >= 0.6 is 0 Å². The molecule has 2 aliphatic rings. The number of benzene rings is 4. The fourth-order valence-electron chi connectivity index (χ4n) is 6.86. The van der Waals surface area contributed by atoms with Gasteiger partial charge in [0.05, 0.1) is 42.4 Å². The van der Waals surface area contributed by atoms with Crippen LogP contribution in [0.5, 0.6) is 0 Å². The molecule has 0 saturated heterocycles. The van der Waals surface area contributed by atoms with E-state index in [-0.39, 0.29) is 202 Å². The summed E-state index contributed by atoms with van der Waals surface area (Å²) in [5, 5.41) is 1.01. The van der Waals surface area contributed by atoms with Gasteiger partial charge in [-0.3, -0.25) is 0 Å². The fourth-order valence-corrected chi connectivity index (χ4v) is 8.84. The van der Waals surface area contributed by atoms with Crippen LogP contribution in [0, 0.1) is 0 Å². The van der Waals surface area contributed by atoms with E-state index in [9.17, 15) is 51.9 Å².